The normalized spacial score (nSPS) is 18.9. The zero-order chi connectivity index (χ0) is 23.7. The Kier molecular flexibility index (Phi) is 6.22. The number of ether oxygens (including phenoxy) is 4. The van der Waals surface area contributed by atoms with Crippen LogP contribution >= 0.6 is 0 Å². The highest BCUT2D eigenvalue weighted by Gasteiger charge is 2.27. The van der Waals surface area contributed by atoms with Gasteiger partial charge in [-0.25, -0.2) is 14.8 Å². The van der Waals surface area contributed by atoms with Crippen molar-refractivity contribution in [3.8, 4) is 16.9 Å². The van der Waals surface area contributed by atoms with Crippen molar-refractivity contribution < 1.29 is 28.8 Å². The Morgan fingerprint density at radius 3 is 2.79 bits per heavy atom. The molecule has 0 spiro atoms. The molecule has 3 aromatic rings. The number of nitrogens with two attached hydrogens (primary N) is 1. The van der Waals surface area contributed by atoms with Gasteiger partial charge in [0.1, 0.15) is 30.3 Å². The Morgan fingerprint density at radius 2 is 2.09 bits per heavy atom. The van der Waals surface area contributed by atoms with Gasteiger partial charge in [-0.05, 0) is 24.5 Å². The molecule has 1 unspecified atom stereocenters. The number of anilines is 2. The van der Waals surface area contributed by atoms with Gasteiger partial charge in [0.05, 0.1) is 30.9 Å². The molecule has 2 aromatic heterocycles. The second-order valence-electron chi connectivity index (χ2n) is 8.34. The smallest absolute Gasteiger partial charge is 0.409 e. The summed E-state index contributed by atoms with van der Waals surface area (Å²) in [6.07, 6.45) is 4.38. The SMILES string of the molecule is COc1c(NC(=O)O)ccc(-c2cn(C3CCOCC3)c3ncnc(N)c23)c1CC1COCO1. The van der Waals surface area contributed by atoms with Crippen molar-refractivity contribution in [1.82, 2.24) is 14.5 Å². The van der Waals surface area contributed by atoms with Gasteiger partial charge in [-0.3, -0.25) is 5.32 Å². The van der Waals surface area contributed by atoms with Crippen LogP contribution in [0.15, 0.2) is 24.7 Å². The van der Waals surface area contributed by atoms with Crippen LogP contribution in [-0.2, 0) is 20.6 Å². The number of amides is 1. The number of nitrogen functional groups attached to an aromatic ring is 1. The summed E-state index contributed by atoms with van der Waals surface area (Å²) < 4.78 is 24.5. The summed E-state index contributed by atoms with van der Waals surface area (Å²) >= 11 is 0. The molecule has 0 bridgehead atoms. The monoisotopic (exact) mass is 469 g/mol. The second-order valence-corrected chi connectivity index (χ2v) is 8.34. The predicted molar refractivity (Wildman–Crippen MR) is 124 cm³/mol. The van der Waals surface area contributed by atoms with Crippen LogP contribution < -0.4 is 15.8 Å². The molecule has 34 heavy (non-hydrogen) atoms. The topological polar surface area (TPSA) is 143 Å². The fourth-order valence-electron chi connectivity index (χ4n) is 4.80. The highest BCUT2D eigenvalue weighted by molar-refractivity contribution is 6.02. The molecule has 5 rings (SSSR count). The van der Waals surface area contributed by atoms with Crippen LogP contribution in [0.2, 0.25) is 0 Å². The zero-order valence-electron chi connectivity index (χ0n) is 18.8. The number of aromatic nitrogens is 3. The van der Waals surface area contributed by atoms with Crippen molar-refractivity contribution in [1.29, 1.82) is 0 Å². The third-order valence-corrected chi connectivity index (χ3v) is 6.34. The number of carboxylic acid groups (broad SMARTS) is 1. The van der Waals surface area contributed by atoms with Crippen LogP contribution in [0.1, 0.15) is 24.4 Å². The van der Waals surface area contributed by atoms with Crippen LogP contribution in [0.4, 0.5) is 16.3 Å². The molecule has 0 saturated carbocycles. The number of hydrogen-bond donors (Lipinski definition) is 3. The lowest BCUT2D eigenvalue weighted by atomic mass is 9.94. The van der Waals surface area contributed by atoms with Gasteiger partial charge in [0.2, 0.25) is 0 Å². The number of nitrogens with one attached hydrogen (secondary N) is 1. The zero-order valence-corrected chi connectivity index (χ0v) is 18.8. The molecule has 2 aliphatic rings. The van der Waals surface area contributed by atoms with Gasteiger partial charge in [0.15, 0.2) is 0 Å². The molecule has 0 aliphatic carbocycles. The number of rotatable bonds is 6. The fourth-order valence-corrected chi connectivity index (χ4v) is 4.80. The van der Waals surface area contributed by atoms with Gasteiger partial charge in [0, 0.05) is 43.0 Å². The highest BCUT2D eigenvalue weighted by Crippen LogP contribution is 2.43. The molecular formula is C23H27N5O6. The molecule has 1 aromatic carbocycles. The molecule has 4 N–H and O–H groups in total. The Bertz CT molecular complexity index is 1200. The first-order chi connectivity index (χ1) is 16.6. The molecule has 2 aliphatic heterocycles. The van der Waals surface area contributed by atoms with E-state index in [1.54, 1.807) is 6.07 Å². The summed E-state index contributed by atoms with van der Waals surface area (Å²) in [6.45, 7) is 2.04. The maximum atomic E-state index is 11.4. The number of methoxy groups -OCH3 is 1. The van der Waals surface area contributed by atoms with Crippen molar-refractivity contribution in [3.05, 3.63) is 30.2 Å². The number of hydrogen-bond acceptors (Lipinski definition) is 8. The van der Waals surface area contributed by atoms with Gasteiger partial charge in [0.25, 0.3) is 0 Å². The maximum Gasteiger partial charge on any atom is 0.409 e. The maximum absolute atomic E-state index is 11.4. The van der Waals surface area contributed by atoms with Crippen molar-refractivity contribution >= 4 is 28.6 Å². The molecule has 180 valence electrons. The largest absolute Gasteiger partial charge is 0.494 e. The molecule has 11 heteroatoms. The summed E-state index contributed by atoms with van der Waals surface area (Å²) in [5, 5.41) is 12.5. The van der Waals surface area contributed by atoms with Gasteiger partial charge in [-0.15, -0.1) is 0 Å². The first-order valence-corrected chi connectivity index (χ1v) is 11.1. The average Bonchev–Trinajstić information content (AvgIpc) is 3.48. The summed E-state index contributed by atoms with van der Waals surface area (Å²) in [5.41, 5.74) is 9.96. The van der Waals surface area contributed by atoms with Gasteiger partial charge in [-0.1, -0.05) is 6.07 Å². The van der Waals surface area contributed by atoms with E-state index < -0.39 is 6.09 Å². The molecule has 1 atom stereocenters. The molecule has 2 saturated heterocycles. The Morgan fingerprint density at radius 1 is 1.26 bits per heavy atom. The predicted octanol–water partition coefficient (Wildman–Crippen LogP) is 3.05. The molecule has 0 radical (unpaired) electrons. The highest BCUT2D eigenvalue weighted by atomic mass is 16.7. The van der Waals surface area contributed by atoms with Gasteiger partial charge < -0.3 is 34.4 Å². The van der Waals surface area contributed by atoms with Crippen molar-refractivity contribution in [2.75, 3.05) is 44.8 Å². The summed E-state index contributed by atoms with van der Waals surface area (Å²) in [7, 11) is 1.52. The summed E-state index contributed by atoms with van der Waals surface area (Å²) in [6, 6.07) is 3.79. The van der Waals surface area contributed by atoms with Crippen LogP contribution in [0.5, 0.6) is 5.75 Å². The molecule has 1 amide bonds. The number of benzene rings is 1. The summed E-state index contributed by atoms with van der Waals surface area (Å²) in [4.78, 5) is 20.2. The van der Waals surface area contributed by atoms with Crippen LogP contribution in [0.3, 0.4) is 0 Å². The van der Waals surface area contributed by atoms with E-state index in [1.165, 1.54) is 13.4 Å². The van der Waals surface area contributed by atoms with E-state index in [0.717, 1.165) is 40.6 Å². The first-order valence-electron chi connectivity index (χ1n) is 11.1. The van der Waals surface area contributed by atoms with Crippen molar-refractivity contribution in [2.24, 2.45) is 0 Å². The van der Waals surface area contributed by atoms with E-state index in [9.17, 15) is 9.90 Å². The Balaban J connectivity index is 1.71. The fraction of sp³-hybridized carbons (Fsp3) is 0.435. The minimum atomic E-state index is -1.17. The Labute approximate surface area is 195 Å². The average molecular weight is 469 g/mol. The standard InChI is InChI=1S/C23H27N5O6/c1-31-20-16(8-14-10-33-12-34-14)15(2-3-18(20)27-23(29)30)17-9-28(13-4-6-32-7-5-13)22-19(17)21(24)25-11-26-22/h2-3,9,11,13-14,27H,4-8,10,12H2,1H3,(H,29,30)(H2,24,25,26). The van der Waals surface area contributed by atoms with Gasteiger partial charge in [-0.2, -0.15) is 0 Å². The minimum absolute atomic E-state index is 0.190. The van der Waals surface area contributed by atoms with Crippen LogP contribution in [0.25, 0.3) is 22.2 Å². The first kappa shape index (κ1) is 22.4. The third kappa shape index (κ3) is 4.13. The van der Waals surface area contributed by atoms with E-state index in [2.05, 4.69) is 26.0 Å². The lowest BCUT2D eigenvalue weighted by Gasteiger charge is -2.24. The van der Waals surface area contributed by atoms with E-state index in [0.29, 0.717) is 43.5 Å². The Hall–Kier alpha value is -3.41. The molecular weight excluding hydrogens is 442 g/mol. The number of fused-ring (bicyclic) bond motifs is 1. The lowest BCUT2D eigenvalue weighted by Crippen LogP contribution is -2.19. The lowest BCUT2D eigenvalue weighted by molar-refractivity contribution is 0.0469. The van der Waals surface area contributed by atoms with E-state index in [4.69, 9.17) is 24.7 Å². The van der Waals surface area contributed by atoms with Gasteiger partial charge >= 0.3 is 6.09 Å². The number of nitrogens with zero attached hydrogens (tertiary/aromatic N) is 3. The van der Waals surface area contributed by atoms with Crippen molar-refractivity contribution in [2.45, 2.75) is 31.4 Å². The summed E-state index contributed by atoms with van der Waals surface area (Å²) in [5.74, 6) is 0.807. The van der Waals surface area contributed by atoms with E-state index in [1.807, 2.05) is 6.07 Å². The van der Waals surface area contributed by atoms with E-state index in [-0.39, 0.29) is 18.9 Å². The molecule has 2 fully saturated rings. The minimum Gasteiger partial charge on any atom is -0.494 e. The quantitative estimate of drug-likeness (QED) is 0.496. The molecule has 4 heterocycles. The van der Waals surface area contributed by atoms with Crippen molar-refractivity contribution in [3.63, 3.8) is 0 Å². The van der Waals surface area contributed by atoms with E-state index >= 15 is 0 Å². The van der Waals surface area contributed by atoms with Crippen LogP contribution in [0, 0.1) is 0 Å². The number of carbonyl (C=O) groups is 1. The third-order valence-electron chi connectivity index (χ3n) is 6.34. The molecule has 11 nitrogen and oxygen atoms in total. The van der Waals surface area contributed by atoms with Crippen LogP contribution in [-0.4, -0.2) is 65.6 Å². The second kappa shape index (κ2) is 9.45.